The number of ether oxygens (including phenoxy) is 1. The summed E-state index contributed by atoms with van der Waals surface area (Å²) in [5, 5.41) is 6.99. The van der Waals surface area contributed by atoms with E-state index in [0.29, 0.717) is 31.9 Å². The second kappa shape index (κ2) is 6.15. The van der Waals surface area contributed by atoms with Gasteiger partial charge >= 0.3 is 0 Å². The molecule has 1 fully saturated rings. The van der Waals surface area contributed by atoms with E-state index in [1.807, 2.05) is 18.2 Å². The average Bonchev–Trinajstić information content (AvgIpc) is 3.01. The van der Waals surface area contributed by atoms with Gasteiger partial charge in [0.1, 0.15) is 5.69 Å². The van der Waals surface area contributed by atoms with Gasteiger partial charge in [-0.25, -0.2) is 4.52 Å². The number of hydrogen-bond donors (Lipinski definition) is 1. The standard InChI is InChI=1S/C15H18N4O3/c1-11(20)18-7-8-22-13(10-18)9-16-15(21)14-4-2-3-12-5-6-17-19(12)14/h2-6,13H,7-10H2,1H3,(H,16,21)/t13-/m0/s1. The molecule has 1 N–H and O–H groups in total. The number of morpholine rings is 1. The molecule has 116 valence electrons. The molecule has 2 aromatic heterocycles. The SMILES string of the molecule is CC(=O)N1CCO[C@@H](CNC(=O)c2cccc3ccnn23)C1. The van der Waals surface area contributed by atoms with Gasteiger partial charge in [0.25, 0.3) is 5.91 Å². The maximum absolute atomic E-state index is 12.3. The zero-order valence-corrected chi connectivity index (χ0v) is 12.4. The van der Waals surface area contributed by atoms with Crippen molar-refractivity contribution in [2.45, 2.75) is 13.0 Å². The summed E-state index contributed by atoms with van der Waals surface area (Å²) in [5.74, 6) is -0.182. The van der Waals surface area contributed by atoms with Crippen molar-refractivity contribution in [3.05, 3.63) is 36.2 Å². The van der Waals surface area contributed by atoms with Crippen LogP contribution in [0, 0.1) is 0 Å². The molecule has 0 aliphatic carbocycles. The Morgan fingerprint density at radius 2 is 2.27 bits per heavy atom. The summed E-state index contributed by atoms with van der Waals surface area (Å²) >= 11 is 0. The average molecular weight is 302 g/mol. The fourth-order valence-electron chi connectivity index (χ4n) is 2.55. The second-order valence-corrected chi connectivity index (χ2v) is 5.25. The molecule has 0 bridgehead atoms. The number of pyridine rings is 1. The molecule has 0 radical (unpaired) electrons. The van der Waals surface area contributed by atoms with Crippen molar-refractivity contribution in [2.75, 3.05) is 26.2 Å². The topological polar surface area (TPSA) is 75.9 Å². The minimum atomic E-state index is -0.210. The van der Waals surface area contributed by atoms with Gasteiger partial charge in [0.05, 0.1) is 24.4 Å². The summed E-state index contributed by atoms with van der Waals surface area (Å²) < 4.78 is 7.18. The Kier molecular flexibility index (Phi) is 4.06. The number of carbonyl (C=O) groups is 2. The van der Waals surface area contributed by atoms with Crippen LogP contribution in [0.1, 0.15) is 17.4 Å². The molecule has 7 heteroatoms. The number of nitrogens with one attached hydrogen (secondary N) is 1. The summed E-state index contributed by atoms with van der Waals surface area (Å²) in [6, 6.07) is 7.27. The molecule has 0 aromatic carbocycles. The van der Waals surface area contributed by atoms with Crippen LogP contribution >= 0.6 is 0 Å². The maximum Gasteiger partial charge on any atom is 0.270 e. The van der Waals surface area contributed by atoms with Crippen molar-refractivity contribution in [1.82, 2.24) is 19.8 Å². The molecule has 0 saturated carbocycles. The van der Waals surface area contributed by atoms with Crippen LogP contribution in [0.4, 0.5) is 0 Å². The lowest BCUT2D eigenvalue weighted by molar-refractivity contribution is -0.136. The highest BCUT2D eigenvalue weighted by molar-refractivity contribution is 5.93. The van der Waals surface area contributed by atoms with Crippen LogP contribution in [0.15, 0.2) is 30.5 Å². The largest absolute Gasteiger partial charge is 0.373 e. The summed E-state index contributed by atoms with van der Waals surface area (Å²) in [7, 11) is 0. The van der Waals surface area contributed by atoms with Crippen LogP contribution in [0.25, 0.3) is 5.52 Å². The lowest BCUT2D eigenvalue weighted by Crippen LogP contribution is -2.49. The van der Waals surface area contributed by atoms with Crippen molar-refractivity contribution in [3.63, 3.8) is 0 Å². The molecule has 2 aromatic rings. The molecule has 2 amide bonds. The maximum atomic E-state index is 12.3. The van der Waals surface area contributed by atoms with E-state index >= 15 is 0 Å². The van der Waals surface area contributed by atoms with Crippen LogP contribution in [0.5, 0.6) is 0 Å². The van der Waals surface area contributed by atoms with E-state index in [2.05, 4.69) is 10.4 Å². The Labute approximate surface area is 127 Å². The quantitative estimate of drug-likeness (QED) is 0.885. The third-order valence-corrected chi connectivity index (χ3v) is 3.73. The zero-order chi connectivity index (χ0) is 15.5. The minimum absolute atomic E-state index is 0.0286. The number of carbonyl (C=O) groups excluding carboxylic acids is 2. The van der Waals surface area contributed by atoms with Gasteiger partial charge in [-0.2, -0.15) is 5.10 Å². The zero-order valence-electron chi connectivity index (χ0n) is 12.4. The molecule has 1 saturated heterocycles. The van der Waals surface area contributed by atoms with Gasteiger partial charge in [0.15, 0.2) is 0 Å². The Balaban J connectivity index is 1.63. The highest BCUT2D eigenvalue weighted by Gasteiger charge is 2.23. The van der Waals surface area contributed by atoms with Crippen molar-refractivity contribution in [1.29, 1.82) is 0 Å². The number of rotatable bonds is 3. The molecule has 1 atom stereocenters. The molecule has 1 aliphatic rings. The van der Waals surface area contributed by atoms with Crippen molar-refractivity contribution < 1.29 is 14.3 Å². The second-order valence-electron chi connectivity index (χ2n) is 5.25. The molecule has 3 rings (SSSR count). The first-order valence-electron chi connectivity index (χ1n) is 7.23. The normalized spacial score (nSPS) is 18.4. The first-order valence-corrected chi connectivity index (χ1v) is 7.23. The fraction of sp³-hybridized carbons (Fsp3) is 0.400. The van der Waals surface area contributed by atoms with E-state index < -0.39 is 0 Å². The molecule has 7 nitrogen and oxygen atoms in total. The lowest BCUT2D eigenvalue weighted by atomic mass is 10.2. The highest BCUT2D eigenvalue weighted by atomic mass is 16.5. The molecule has 3 heterocycles. The summed E-state index contributed by atoms with van der Waals surface area (Å²) in [6.07, 6.45) is 1.47. The van der Waals surface area contributed by atoms with E-state index in [1.165, 1.54) is 0 Å². The van der Waals surface area contributed by atoms with E-state index in [9.17, 15) is 9.59 Å². The smallest absolute Gasteiger partial charge is 0.270 e. The Morgan fingerprint density at radius 1 is 1.41 bits per heavy atom. The Hall–Kier alpha value is -2.41. The number of nitrogens with zero attached hydrogens (tertiary/aromatic N) is 3. The predicted octanol–water partition coefficient (Wildman–Crippen LogP) is 0.311. The number of aromatic nitrogens is 2. The Morgan fingerprint density at radius 3 is 3.09 bits per heavy atom. The monoisotopic (exact) mass is 302 g/mol. The third-order valence-electron chi connectivity index (χ3n) is 3.73. The first kappa shape index (κ1) is 14.5. The number of fused-ring (bicyclic) bond motifs is 1. The fourth-order valence-corrected chi connectivity index (χ4v) is 2.55. The molecule has 0 unspecified atom stereocenters. The number of amides is 2. The lowest BCUT2D eigenvalue weighted by Gasteiger charge is -2.32. The predicted molar refractivity (Wildman–Crippen MR) is 79.5 cm³/mol. The summed E-state index contributed by atoms with van der Waals surface area (Å²) in [6.45, 7) is 3.50. The van der Waals surface area contributed by atoms with Gasteiger partial charge in [-0.1, -0.05) is 6.07 Å². The Bertz CT molecular complexity index is 697. The van der Waals surface area contributed by atoms with Gasteiger partial charge in [-0.3, -0.25) is 9.59 Å². The molecule has 22 heavy (non-hydrogen) atoms. The van der Waals surface area contributed by atoms with E-state index in [4.69, 9.17) is 4.74 Å². The summed E-state index contributed by atoms with van der Waals surface area (Å²) in [4.78, 5) is 25.4. The van der Waals surface area contributed by atoms with E-state index in [-0.39, 0.29) is 17.9 Å². The molecule has 0 spiro atoms. The van der Waals surface area contributed by atoms with Crippen LogP contribution in [0.3, 0.4) is 0 Å². The molecular formula is C15H18N4O3. The van der Waals surface area contributed by atoms with E-state index in [1.54, 1.807) is 28.6 Å². The van der Waals surface area contributed by atoms with E-state index in [0.717, 1.165) is 5.52 Å². The third kappa shape index (κ3) is 2.94. The highest BCUT2D eigenvalue weighted by Crippen LogP contribution is 2.08. The molecular weight excluding hydrogens is 284 g/mol. The van der Waals surface area contributed by atoms with Gasteiger partial charge < -0.3 is 15.0 Å². The first-order chi connectivity index (χ1) is 10.6. The van der Waals surface area contributed by atoms with Crippen LogP contribution in [-0.4, -0.2) is 58.7 Å². The van der Waals surface area contributed by atoms with Crippen molar-refractivity contribution in [2.24, 2.45) is 0 Å². The summed E-state index contributed by atoms with van der Waals surface area (Å²) in [5.41, 5.74) is 1.34. The van der Waals surface area contributed by atoms with Gasteiger partial charge in [-0.05, 0) is 18.2 Å². The van der Waals surface area contributed by atoms with Crippen molar-refractivity contribution >= 4 is 17.3 Å². The van der Waals surface area contributed by atoms with Crippen LogP contribution in [-0.2, 0) is 9.53 Å². The van der Waals surface area contributed by atoms with Crippen LogP contribution in [0.2, 0.25) is 0 Å². The van der Waals surface area contributed by atoms with Crippen molar-refractivity contribution in [3.8, 4) is 0 Å². The van der Waals surface area contributed by atoms with Gasteiger partial charge in [0.2, 0.25) is 5.91 Å². The van der Waals surface area contributed by atoms with Crippen LogP contribution < -0.4 is 5.32 Å². The minimum Gasteiger partial charge on any atom is -0.373 e. The molecule has 1 aliphatic heterocycles. The number of hydrogen-bond acceptors (Lipinski definition) is 4. The van der Waals surface area contributed by atoms with Gasteiger partial charge in [0, 0.05) is 26.6 Å². The van der Waals surface area contributed by atoms with Gasteiger partial charge in [-0.15, -0.1) is 0 Å².